The van der Waals surface area contributed by atoms with Crippen molar-refractivity contribution in [3.05, 3.63) is 64.7 Å². The highest BCUT2D eigenvalue weighted by atomic mass is 35.5. The largest absolute Gasteiger partial charge is 0.506 e. The average molecular weight is 288 g/mol. The van der Waals surface area contributed by atoms with E-state index in [1.165, 1.54) is 12.1 Å². The predicted octanol–water partition coefficient (Wildman–Crippen LogP) is 4.01. The first-order valence-electron chi connectivity index (χ1n) is 6.09. The molecule has 0 aromatic heterocycles. The van der Waals surface area contributed by atoms with Crippen molar-refractivity contribution in [2.24, 2.45) is 0 Å². The molecule has 0 bridgehead atoms. The van der Waals surface area contributed by atoms with Crippen molar-refractivity contribution in [3.8, 4) is 5.75 Å². The van der Waals surface area contributed by atoms with Crippen molar-refractivity contribution in [1.29, 1.82) is 0 Å². The minimum Gasteiger partial charge on any atom is -0.506 e. The Balaban J connectivity index is 2.03. The van der Waals surface area contributed by atoms with Crippen LogP contribution < -0.4 is 5.32 Å². The van der Waals surface area contributed by atoms with E-state index in [4.69, 9.17) is 11.6 Å². The third-order valence-corrected chi connectivity index (χ3v) is 3.00. The normalized spacial score (nSPS) is 10.7. The van der Waals surface area contributed by atoms with Crippen molar-refractivity contribution in [1.82, 2.24) is 0 Å². The fourth-order valence-electron chi connectivity index (χ4n) is 1.71. The summed E-state index contributed by atoms with van der Waals surface area (Å²) in [5, 5.41) is 12.5. The third kappa shape index (κ3) is 3.87. The SMILES string of the molecule is Cc1cccc(NC(=O)/C=C/c2ccc(Cl)c(O)c2)c1. The Bertz CT molecular complexity index is 665. The number of benzene rings is 2. The minimum absolute atomic E-state index is 0.00657. The summed E-state index contributed by atoms with van der Waals surface area (Å²) in [5.41, 5.74) is 2.53. The Kier molecular flexibility index (Phi) is 4.43. The van der Waals surface area contributed by atoms with Gasteiger partial charge in [0, 0.05) is 11.8 Å². The van der Waals surface area contributed by atoms with Crippen LogP contribution in [-0.4, -0.2) is 11.0 Å². The zero-order valence-electron chi connectivity index (χ0n) is 10.9. The number of anilines is 1. The van der Waals surface area contributed by atoms with Crippen molar-refractivity contribution < 1.29 is 9.90 Å². The Labute approximate surface area is 122 Å². The molecule has 1 amide bonds. The molecule has 102 valence electrons. The highest BCUT2D eigenvalue weighted by Crippen LogP contribution is 2.24. The molecule has 2 aromatic carbocycles. The Morgan fingerprint density at radius 3 is 2.75 bits per heavy atom. The maximum atomic E-state index is 11.8. The number of carbonyl (C=O) groups is 1. The molecule has 0 aliphatic heterocycles. The Morgan fingerprint density at radius 2 is 2.05 bits per heavy atom. The summed E-state index contributed by atoms with van der Waals surface area (Å²) in [6.07, 6.45) is 3.02. The second-order valence-electron chi connectivity index (χ2n) is 4.40. The molecule has 0 fully saturated rings. The van der Waals surface area contributed by atoms with Crippen LogP contribution in [-0.2, 0) is 4.79 Å². The van der Waals surface area contributed by atoms with Gasteiger partial charge in [-0.05, 0) is 48.4 Å². The van der Waals surface area contributed by atoms with Crippen LogP contribution in [0.5, 0.6) is 5.75 Å². The second kappa shape index (κ2) is 6.26. The van der Waals surface area contributed by atoms with Crippen LogP contribution in [0.2, 0.25) is 5.02 Å². The molecule has 0 radical (unpaired) electrons. The number of halogens is 1. The van der Waals surface area contributed by atoms with Crippen LogP contribution in [0.3, 0.4) is 0 Å². The zero-order chi connectivity index (χ0) is 14.5. The van der Waals surface area contributed by atoms with E-state index in [-0.39, 0.29) is 16.7 Å². The first kappa shape index (κ1) is 14.2. The van der Waals surface area contributed by atoms with E-state index in [0.717, 1.165) is 11.3 Å². The predicted molar refractivity (Wildman–Crippen MR) is 82.0 cm³/mol. The number of carbonyl (C=O) groups excluding carboxylic acids is 1. The molecule has 0 atom stereocenters. The molecule has 0 spiro atoms. The summed E-state index contributed by atoms with van der Waals surface area (Å²) >= 11 is 5.71. The van der Waals surface area contributed by atoms with Gasteiger partial charge in [0.1, 0.15) is 5.75 Å². The highest BCUT2D eigenvalue weighted by Gasteiger charge is 2.00. The number of amides is 1. The van der Waals surface area contributed by atoms with Gasteiger partial charge >= 0.3 is 0 Å². The number of aryl methyl sites for hydroxylation is 1. The fraction of sp³-hybridized carbons (Fsp3) is 0.0625. The molecule has 0 unspecified atom stereocenters. The molecule has 2 aromatic rings. The lowest BCUT2D eigenvalue weighted by atomic mass is 10.2. The monoisotopic (exact) mass is 287 g/mol. The Morgan fingerprint density at radius 1 is 1.25 bits per heavy atom. The molecule has 0 heterocycles. The van der Waals surface area contributed by atoms with E-state index in [0.29, 0.717) is 5.56 Å². The van der Waals surface area contributed by atoms with E-state index in [1.54, 1.807) is 18.2 Å². The van der Waals surface area contributed by atoms with E-state index in [9.17, 15) is 9.90 Å². The summed E-state index contributed by atoms with van der Waals surface area (Å²) in [6.45, 7) is 1.96. The highest BCUT2D eigenvalue weighted by molar-refractivity contribution is 6.32. The van der Waals surface area contributed by atoms with Gasteiger partial charge in [-0.2, -0.15) is 0 Å². The number of phenolic OH excluding ortho intramolecular Hbond substituents is 1. The van der Waals surface area contributed by atoms with Crippen LogP contribution in [0.1, 0.15) is 11.1 Å². The number of hydrogen-bond donors (Lipinski definition) is 2. The van der Waals surface area contributed by atoms with Gasteiger partial charge in [-0.15, -0.1) is 0 Å². The molecule has 0 saturated carbocycles. The lowest BCUT2D eigenvalue weighted by Crippen LogP contribution is -2.07. The van der Waals surface area contributed by atoms with Crippen molar-refractivity contribution in [2.75, 3.05) is 5.32 Å². The van der Waals surface area contributed by atoms with Crippen LogP contribution in [0, 0.1) is 6.92 Å². The van der Waals surface area contributed by atoms with Gasteiger partial charge in [-0.1, -0.05) is 29.8 Å². The second-order valence-corrected chi connectivity index (χ2v) is 4.81. The Hall–Kier alpha value is -2.26. The van der Waals surface area contributed by atoms with Gasteiger partial charge in [0.05, 0.1) is 5.02 Å². The summed E-state index contributed by atoms with van der Waals surface area (Å²) < 4.78 is 0. The first-order chi connectivity index (χ1) is 9.54. The van der Waals surface area contributed by atoms with Crippen molar-refractivity contribution in [3.63, 3.8) is 0 Å². The lowest BCUT2D eigenvalue weighted by molar-refractivity contribution is -0.111. The van der Waals surface area contributed by atoms with Crippen LogP contribution in [0.15, 0.2) is 48.5 Å². The van der Waals surface area contributed by atoms with E-state index >= 15 is 0 Å². The number of hydrogen-bond acceptors (Lipinski definition) is 2. The van der Waals surface area contributed by atoms with Crippen molar-refractivity contribution in [2.45, 2.75) is 6.92 Å². The van der Waals surface area contributed by atoms with Crippen molar-refractivity contribution >= 4 is 29.3 Å². The number of aromatic hydroxyl groups is 1. The standard InChI is InChI=1S/C16H14ClNO2/c1-11-3-2-4-13(9-11)18-16(20)8-6-12-5-7-14(17)15(19)10-12/h2-10,19H,1H3,(H,18,20)/b8-6+. The molecule has 0 aliphatic carbocycles. The number of phenols is 1. The van der Waals surface area contributed by atoms with Gasteiger partial charge in [0.25, 0.3) is 0 Å². The number of nitrogens with one attached hydrogen (secondary N) is 1. The maximum absolute atomic E-state index is 11.8. The molecular formula is C16H14ClNO2. The van der Waals surface area contributed by atoms with E-state index in [2.05, 4.69) is 5.32 Å². The van der Waals surface area contributed by atoms with E-state index < -0.39 is 0 Å². The van der Waals surface area contributed by atoms with Gasteiger partial charge < -0.3 is 10.4 Å². The summed E-state index contributed by atoms with van der Waals surface area (Å²) in [6, 6.07) is 12.4. The van der Waals surface area contributed by atoms with Crippen LogP contribution in [0.4, 0.5) is 5.69 Å². The molecule has 20 heavy (non-hydrogen) atoms. The zero-order valence-corrected chi connectivity index (χ0v) is 11.7. The number of rotatable bonds is 3. The smallest absolute Gasteiger partial charge is 0.248 e. The molecule has 2 rings (SSSR count). The molecular weight excluding hydrogens is 274 g/mol. The summed E-state index contributed by atoms with van der Waals surface area (Å²) in [4.78, 5) is 11.8. The fourth-order valence-corrected chi connectivity index (χ4v) is 1.83. The van der Waals surface area contributed by atoms with Crippen LogP contribution in [0.25, 0.3) is 6.08 Å². The first-order valence-corrected chi connectivity index (χ1v) is 6.46. The topological polar surface area (TPSA) is 49.3 Å². The van der Waals surface area contributed by atoms with E-state index in [1.807, 2.05) is 31.2 Å². The van der Waals surface area contributed by atoms with Gasteiger partial charge in [-0.3, -0.25) is 4.79 Å². The molecule has 4 heteroatoms. The van der Waals surface area contributed by atoms with Gasteiger partial charge in [0.15, 0.2) is 0 Å². The average Bonchev–Trinajstić information content (AvgIpc) is 2.40. The van der Waals surface area contributed by atoms with Gasteiger partial charge in [-0.25, -0.2) is 0 Å². The summed E-state index contributed by atoms with van der Waals surface area (Å²) in [7, 11) is 0. The maximum Gasteiger partial charge on any atom is 0.248 e. The minimum atomic E-state index is -0.231. The summed E-state index contributed by atoms with van der Waals surface area (Å²) in [5.74, 6) is -0.238. The van der Waals surface area contributed by atoms with Crippen LogP contribution >= 0.6 is 11.6 Å². The lowest BCUT2D eigenvalue weighted by Gasteiger charge is -2.03. The molecule has 0 saturated heterocycles. The molecule has 2 N–H and O–H groups in total. The third-order valence-electron chi connectivity index (χ3n) is 2.68. The van der Waals surface area contributed by atoms with Gasteiger partial charge in [0.2, 0.25) is 5.91 Å². The molecule has 0 aliphatic rings. The molecule has 3 nitrogen and oxygen atoms in total. The quantitative estimate of drug-likeness (QED) is 0.838.